The SMILES string of the molecule is COCc1c(C(Nc2ccc(C(=O)O)cc2)C2CCCCC2)oc2ccc(F)cc12. The first-order valence-electron chi connectivity index (χ1n) is 10.4. The average molecular weight is 411 g/mol. The van der Waals surface area contributed by atoms with Crippen LogP contribution in [0.2, 0.25) is 0 Å². The second-order valence-electron chi connectivity index (χ2n) is 7.92. The second-order valence-corrected chi connectivity index (χ2v) is 7.92. The smallest absolute Gasteiger partial charge is 0.335 e. The van der Waals surface area contributed by atoms with Crippen LogP contribution in [0, 0.1) is 11.7 Å². The van der Waals surface area contributed by atoms with E-state index in [-0.39, 0.29) is 17.4 Å². The van der Waals surface area contributed by atoms with Gasteiger partial charge in [0.05, 0.1) is 18.2 Å². The van der Waals surface area contributed by atoms with Crippen LogP contribution < -0.4 is 5.32 Å². The monoisotopic (exact) mass is 411 g/mol. The van der Waals surface area contributed by atoms with Gasteiger partial charge in [0, 0.05) is 23.7 Å². The fourth-order valence-electron chi connectivity index (χ4n) is 4.44. The Labute approximate surface area is 174 Å². The number of benzene rings is 2. The number of hydrogen-bond donors (Lipinski definition) is 2. The van der Waals surface area contributed by atoms with E-state index >= 15 is 0 Å². The number of halogens is 1. The van der Waals surface area contributed by atoms with Crippen molar-refractivity contribution in [2.75, 3.05) is 12.4 Å². The summed E-state index contributed by atoms with van der Waals surface area (Å²) >= 11 is 0. The number of carbonyl (C=O) groups is 1. The van der Waals surface area contributed by atoms with Crippen molar-refractivity contribution in [2.24, 2.45) is 5.92 Å². The van der Waals surface area contributed by atoms with Crippen molar-refractivity contribution >= 4 is 22.6 Å². The highest BCUT2D eigenvalue weighted by molar-refractivity contribution is 5.88. The van der Waals surface area contributed by atoms with Crippen molar-refractivity contribution in [3.05, 3.63) is 65.2 Å². The van der Waals surface area contributed by atoms with Gasteiger partial charge in [-0.3, -0.25) is 0 Å². The molecule has 158 valence electrons. The molecule has 0 amide bonds. The number of furan rings is 1. The maximum absolute atomic E-state index is 13.9. The first-order chi connectivity index (χ1) is 14.6. The molecule has 1 aliphatic carbocycles. The number of nitrogens with one attached hydrogen (secondary N) is 1. The van der Waals surface area contributed by atoms with E-state index in [2.05, 4.69) is 5.32 Å². The molecule has 4 rings (SSSR count). The number of carboxylic acid groups (broad SMARTS) is 1. The minimum atomic E-state index is -0.952. The molecular formula is C24H26FNO4. The van der Waals surface area contributed by atoms with Crippen LogP contribution in [-0.4, -0.2) is 18.2 Å². The molecule has 2 aromatic carbocycles. The first-order valence-corrected chi connectivity index (χ1v) is 10.4. The lowest BCUT2D eigenvalue weighted by molar-refractivity contribution is 0.0697. The van der Waals surface area contributed by atoms with Crippen LogP contribution in [0.5, 0.6) is 0 Å². The fraction of sp³-hybridized carbons (Fsp3) is 0.375. The van der Waals surface area contributed by atoms with Crippen LogP contribution in [0.25, 0.3) is 11.0 Å². The summed E-state index contributed by atoms with van der Waals surface area (Å²) < 4.78 is 25.6. The van der Waals surface area contributed by atoms with Gasteiger partial charge in [0.15, 0.2) is 0 Å². The quantitative estimate of drug-likeness (QED) is 0.488. The number of fused-ring (bicyclic) bond motifs is 1. The topological polar surface area (TPSA) is 71.7 Å². The van der Waals surface area contributed by atoms with Gasteiger partial charge in [0.1, 0.15) is 17.2 Å². The average Bonchev–Trinajstić information content (AvgIpc) is 3.10. The lowest BCUT2D eigenvalue weighted by atomic mass is 9.82. The lowest BCUT2D eigenvalue weighted by Crippen LogP contribution is -2.24. The zero-order chi connectivity index (χ0) is 21.1. The minimum Gasteiger partial charge on any atom is -0.478 e. The molecule has 3 aromatic rings. The number of methoxy groups -OCH3 is 1. The van der Waals surface area contributed by atoms with Gasteiger partial charge in [-0.1, -0.05) is 19.3 Å². The Balaban J connectivity index is 1.75. The molecule has 1 aromatic heterocycles. The van der Waals surface area contributed by atoms with Crippen LogP contribution in [0.3, 0.4) is 0 Å². The molecule has 1 unspecified atom stereocenters. The third kappa shape index (κ3) is 4.19. The van der Waals surface area contributed by atoms with E-state index in [9.17, 15) is 9.18 Å². The Morgan fingerprint density at radius 3 is 2.60 bits per heavy atom. The predicted octanol–water partition coefficient (Wildman–Crippen LogP) is 6.15. The molecule has 1 aliphatic rings. The molecule has 0 saturated heterocycles. The first kappa shape index (κ1) is 20.4. The van der Waals surface area contributed by atoms with E-state index in [0.29, 0.717) is 18.1 Å². The van der Waals surface area contributed by atoms with Gasteiger partial charge >= 0.3 is 5.97 Å². The Hall–Kier alpha value is -2.86. The lowest BCUT2D eigenvalue weighted by Gasteiger charge is -2.31. The molecule has 0 bridgehead atoms. The van der Waals surface area contributed by atoms with Crippen molar-refractivity contribution in [3.63, 3.8) is 0 Å². The maximum atomic E-state index is 13.9. The highest BCUT2D eigenvalue weighted by Gasteiger charge is 2.31. The molecular weight excluding hydrogens is 385 g/mol. The van der Waals surface area contributed by atoms with Gasteiger partial charge in [-0.05, 0) is 61.2 Å². The van der Waals surface area contributed by atoms with Crippen molar-refractivity contribution < 1.29 is 23.4 Å². The molecule has 1 fully saturated rings. The van der Waals surface area contributed by atoms with Gasteiger partial charge in [0.2, 0.25) is 0 Å². The fourth-order valence-corrected chi connectivity index (χ4v) is 4.44. The molecule has 2 N–H and O–H groups in total. The van der Waals surface area contributed by atoms with Crippen molar-refractivity contribution in [3.8, 4) is 0 Å². The highest BCUT2D eigenvalue weighted by atomic mass is 19.1. The Kier molecular flexibility index (Phi) is 6.04. The minimum absolute atomic E-state index is 0.110. The third-order valence-electron chi connectivity index (χ3n) is 5.93. The summed E-state index contributed by atoms with van der Waals surface area (Å²) in [6.07, 6.45) is 5.70. The Morgan fingerprint density at radius 2 is 1.93 bits per heavy atom. The van der Waals surface area contributed by atoms with Crippen molar-refractivity contribution in [1.29, 1.82) is 0 Å². The van der Waals surface area contributed by atoms with Crippen LogP contribution in [0.1, 0.15) is 59.8 Å². The molecule has 1 atom stereocenters. The van der Waals surface area contributed by atoms with Gasteiger partial charge in [-0.25, -0.2) is 9.18 Å². The van der Waals surface area contributed by atoms with E-state index < -0.39 is 5.97 Å². The molecule has 1 heterocycles. The molecule has 6 heteroatoms. The van der Waals surface area contributed by atoms with Crippen LogP contribution in [0.4, 0.5) is 10.1 Å². The molecule has 1 saturated carbocycles. The van der Waals surface area contributed by atoms with Crippen LogP contribution in [0.15, 0.2) is 46.9 Å². The molecule has 30 heavy (non-hydrogen) atoms. The van der Waals surface area contributed by atoms with Gasteiger partial charge in [-0.2, -0.15) is 0 Å². The summed E-state index contributed by atoms with van der Waals surface area (Å²) in [4.78, 5) is 11.2. The Morgan fingerprint density at radius 1 is 1.20 bits per heavy atom. The summed E-state index contributed by atoms with van der Waals surface area (Å²) in [5.41, 5.74) is 2.57. The largest absolute Gasteiger partial charge is 0.478 e. The van der Waals surface area contributed by atoms with E-state index in [4.69, 9.17) is 14.3 Å². The van der Waals surface area contributed by atoms with E-state index in [1.165, 1.54) is 18.6 Å². The van der Waals surface area contributed by atoms with Crippen LogP contribution >= 0.6 is 0 Å². The predicted molar refractivity (Wildman–Crippen MR) is 113 cm³/mol. The van der Waals surface area contributed by atoms with Gasteiger partial charge in [-0.15, -0.1) is 0 Å². The zero-order valence-electron chi connectivity index (χ0n) is 17.0. The molecule has 0 aliphatic heterocycles. The number of ether oxygens (including phenoxy) is 1. The number of aromatic carboxylic acids is 1. The summed E-state index contributed by atoms with van der Waals surface area (Å²) in [7, 11) is 1.62. The number of rotatable bonds is 7. The number of anilines is 1. The molecule has 0 radical (unpaired) electrons. The van der Waals surface area contributed by atoms with E-state index in [1.807, 2.05) is 0 Å². The second kappa shape index (κ2) is 8.88. The maximum Gasteiger partial charge on any atom is 0.335 e. The molecule has 5 nitrogen and oxygen atoms in total. The number of hydrogen-bond acceptors (Lipinski definition) is 4. The summed E-state index contributed by atoms with van der Waals surface area (Å²) in [6.45, 7) is 0.328. The highest BCUT2D eigenvalue weighted by Crippen LogP contribution is 2.41. The standard InChI is InChI=1S/C24H26FNO4/c1-29-14-20-19-13-17(25)9-12-21(19)30-23(20)22(15-5-3-2-4-6-15)26-18-10-7-16(8-11-18)24(27)28/h7-13,15,22,26H,2-6,14H2,1H3,(H,27,28). The Bertz CT molecular complexity index is 1020. The van der Waals surface area contributed by atoms with Crippen molar-refractivity contribution in [2.45, 2.75) is 44.8 Å². The van der Waals surface area contributed by atoms with Gasteiger partial charge < -0.3 is 19.6 Å². The summed E-state index contributed by atoms with van der Waals surface area (Å²) in [5.74, 6) is -0.128. The van der Waals surface area contributed by atoms with E-state index in [1.54, 1.807) is 37.4 Å². The summed E-state index contributed by atoms with van der Waals surface area (Å²) in [5, 5.41) is 13.5. The molecule has 0 spiro atoms. The van der Waals surface area contributed by atoms with Crippen LogP contribution in [-0.2, 0) is 11.3 Å². The zero-order valence-corrected chi connectivity index (χ0v) is 17.0. The van der Waals surface area contributed by atoms with Gasteiger partial charge in [0.25, 0.3) is 0 Å². The third-order valence-corrected chi connectivity index (χ3v) is 5.93. The van der Waals surface area contributed by atoms with E-state index in [0.717, 1.165) is 48.1 Å². The number of carboxylic acids is 1. The normalized spacial score (nSPS) is 15.9. The van der Waals surface area contributed by atoms with Crippen molar-refractivity contribution in [1.82, 2.24) is 0 Å². The summed E-state index contributed by atoms with van der Waals surface area (Å²) in [6, 6.07) is 11.2.